The van der Waals surface area contributed by atoms with Crippen LogP contribution in [0.1, 0.15) is 18.9 Å². The Morgan fingerprint density at radius 2 is 2.08 bits per heavy atom. The minimum Gasteiger partial charge on any atom is -0.481 e. The minimum atomic E-state index is -0.960. The van der Waals surface area contributed by atoms with E-state index in [0.717, 1.165) is 17.6 Å². The number of hydrogen-bond donors (Lipinski definition) is 1. The van der Waals surface area contributed by atoms with E-state index in [-0.39, 0.29) is 11.9 Å². The van der Waals surface area contributed by atoms with E-state index >= 15 is 0 Å². The first-order valence-electron chi connectivity index (χ1n) is 9.03. The van der Waals surface area contributed by atoms with Gasteiger partial charge in [0.2, 0.25) is 5.91 Å². The first-order valence-corrected chi connectivity index (χ1v) is 9.03. The predicted molar refractivity (Wildman–Crippen MR) is 96.4 cm³/mol. The molecular weight excluding hydrogens is 330 g/mol. The van der Waals surface area contributed by atoms with Crippen LogP contribution in [-0.2, 0) is 20.7 Å². The summed E-state index contributed by atoms with van der Waals surface area (Å²) in [6, 6.07) is 9.80. The molecule has 1 amide bonds. The number of aliphatic carboxylic acids is 1. The highest BCUT2D eigenvalue weighted by atomic mass is 16.5. The normalized spacial score (nSPS) is 34.3. The number of carboxylic acid groups (broad SMARTS) is 1. The lowest BCUT2D eigenvalue weighted by atomic mass is 9.74. The number of hydrogen-bond acceptors (Lipinski definition) is 3. The lowest BCUT2D eigenvalue weighted by Gasteiger charge is -2.33. The van der Waals surface area contributed by atoms with Gasteiger partial charge in [-0.1, -0.05) is 48.1 Å². The standard InChI is InChI=1S/C21H23NO4/c1-13(2)12-16-21-10-8-15(26-21)17(20(24)25)18(21)19(23)22(16)11-9-14-6-4-3-5-7-14/h3-8,10,15-18H,1,9,11-12H2,2H3,(H,24,25)/t15-,16-,17+,18+,21+/m0/s1. The van der Waals surface area contributed by atoms with Gasteiger partial charge in [-0.3, -0.25) is 9.59 Å². The van der Waals surface area contributed by atoms with Gasteiger partial charge in [-0.05, 0) is 25.3 Å². The van der Waals surface area contributed by atoms with Crippen LogP contribution < -0.4 is 0 Å². The Hall–Kier alpha value is -2.40. The van der Waals surface area contributed by atoms with Crippen LogP contribution in [0.3, 0.4) is 0 Å². The molecule has 0 radical (unpaired) electrons. The third kappa shape index (κ3) is 2.42. The summed E-state index contributed by atoms with van der Waals surface area (Å²) in [5, 5.41) is 9.66. The van der Waals surface area contributed by atoms with Crippen molar-refractivity contribution in [3.05, 3.63) is 60.2 Å². The molecule has 3 heterocycles. The molecule has 3 aliphatic heterocycles. The number of carbonyl (C=O) groups excluding carboxylic acids is 1. The molecule has 0 saturated carbocycles. The Morgan fingerprint density at radius 3 is 2.73 bits per heavy atom. The number of ether oxygens (including phenoxy) is 1. The fraction of sp³-hybridized carbons (Fsp3) is 0.429. The summed E-state index contributed by atoms with van der Waals surface area (Å²) in [6.07, 6.45) is 4.57. The maximum Gasteiger partial charge on any atom is 0.310 e. The van der Waals surface area contributed by atoms with Gasteiger partial charge in [0.1, 0.15) is 11.5 Å². The van der Waals surface area contributed by atoms with Crippen LogP contribution in [0.2, 0.25) is 0 Å². The zero-order chi connectivity index (χ0) is 18.5. The van der Waals surface area contributed by atoms with Crippen LogP contribution in [0.5, 0.6) is 0 Å². The van der Waals surface area contributed by atoms with Gasteiger partial charge in [0, 0.05) is 6.54 Å². The number of nitrogens with zero attached hydrogens (tertiary/aromatic N) is 1. The average molecular weight is 353 g/mol. The Labute approximate surface area is 152 Å². The molecule has 0 aliphatic carbocycles. The first-order chi connectivity index (χ1) is 12.4. The maximum absolute atomic E-state index is 13.2. The quantitative estimate of drug-likeness (QED) is 0.798. The molecule has 26 heavy (non-hydrogen) atoms. The zero-order valence-corrected chi connectivity index (χ0v) is 14.8. The summed E-state index contributed by atoms with van der Waals surface area (Å²) < 4.78 is 6.13. The summed E-state index contributed by atoms with van der Waals surface area (Å²) in [7, 11) is 0. The second-order valence-corrected chi connectivity index (χ2v) is 7.58. The lowest BCUT2D eigenvalue weighted by molar-refractivity contribution is -0.148. The van der Waals surface area contributed by atoms with Crippen LogP contribution in [0.15, 0.2) is 54.6 Å². The summed E-state index contributed by atoms with van der Waals surface area (Å²) >= 11 is 0. The molecule has 2 fully saturated rings. The molecule has 1 spiro atoms. The molecule has 5 nitrogen and oxygen atoms in total. The Bertz CT molecular complexity index is 786. The smallest absolute Gasteiger partial charge is 0.310 e. The van der Waals surface area contributed by atoms with Gasteiger partial charge in [0.15, 0.2) is 0 Å². The van der Waals surface area contributed by atoms with E-state index in [1.165, 1.54) is 0 Å². The van der Waals surface area contributed by atoms with Crippen molar-refractivity contribution in [3.8, 4) is 0 Å². The number of fused-ring (bicyclic) bond motifs is 1. The van der Waals surface area contributed by atoms with Gasteiger partial charge in [-0.25, -0.2) is 0 Å². The molecule has 4 rings (SSSR count). The fourth-order valence-electron chi connectivity index (χ4n) is 4.76. The predicted octanol–water partition coefficient (Wildman–Crippen LogP) is 2.43. The van der Waals surface area contributed by atoms with Crippen molar-refractivity contribution < 1.29 is 19.4 Å². The third-order valence-electron chi connectivity index (χ3n) is 5.84. The number of amides is 1. The zero-order valence-electron chi connectivity index (χ0n) is 14.8. The van der Waals surface area contributed by atoms with E-state index in [0.29, 0.717) is 13.0 Å². The highest BCUT2D eigenvalue weighted by Crippen LogP contribution is 2.55. The Balaban J connectivity index is 1.65. The van der Waals surface area contributed by atoms with Crippen LogP contribution in [0.4, 0.5) is 0 Å². The maximum atomic E-state index is 13.2. The van der Waals surface area contributed by atoms with Gasteiger partial charge in [0.25, 0.3) is 0 Å². The van der Waals surface area contributed by atoms with Crippen LogP contribution >= 0.6 is 0 Å². The molecule has 136 valence electrons. The summed E-state index contributed by atoms with van der Waals surface area (Å²) in [5.74, 6) is -2.51. The topological polar surface area (TPSA) is 66.8 Å². The Kier molecular flexibility index (Phi) is 3.99. The highest BCUT2D eigenvalue weighted by molar-refractivity contribution is 5.91. The molecule has 1 aromatic rings. The number of carbonyl (C=O) groups is 2. The van der Waals surface area contributed by atoms with Crippen LogP contribution in [0.25, 0.3) is 0 Å². The summed E-state index contributed by atoms with van der Waals surface area (Å²) in [5.41, 5.74) is 1.28. The molecular formula is C21H23NO4. The van der Waals surface area contributed by atoms with Crippen molar-refractivity contribution in [1.29, 1.82) is 0 Å². The molecule has 1 N–H and O–H groups in total. The SMILES string of the molecule is C=C(C)C[C@@H]1N(CCc2ccccc2)C(=O)[C@H]2[C@H](C(=O)O)[C@@H]3C=C[C@@]12O3. The molecule has 0 aromatic heterocycles. The van der Waals surface area contributed by atoms with Gasteiger partial charge in [0.05, 0.1) is 18.1 Å². The molecule has 5 heteroatoms. The van der Waals surface area contributed by atoms with Gasteiger partial charge in [-0.2, -0.15) is 0 Å². The van der Waals surface area contributed by atoms with Crippen molar-refractivity contribution in [2.45, 2.75) is 37.5 Å². The molecule has 0 unspecified atom stereocenters. The summed E-state index contributed by atoms with van der Waals surface area (Å²) in [4.78, 5) is 26.8. The highest BCUT2D eigenvalue weighted by Gasteiger charge is 2.70. The van der Waals surface area contributed by atoms with Crippen molar-refractivity contribution in [1.82, 2.24) is 4.90 Å². The lowest BCUT2D eigenvalue weighted by Crippen LogP contribution is -2.45. The minimum absolute atomic E-state index is 0.105. The molecule has 3 aliphatic rings. The van der Waals surface area contributed by atoms with Gasteiger partial charge >= 0.3 is 5.97 Å². The van der Waals surface area contributed by atoms with E-state index in [2.05, 4.69) is 6.58 Å². The second-order valence-electron chi connectivity index (χ2n) is 7.58. The van der Waals surface area contributed by atoms with E-state index in [1.807, 2.05) is 54.3 Å². The molecule has 2 saturated heterocycles. The van der Waals surface area contributed by atoms with Crippen LogP contribution in [0, 0.1) is 11.8 Å². The number of carboxylic acids is 1. The number of rotatable bonds is 6. The number of likely N-dealkylation sites (tertiary alicyclic amines) is 1. The Morgan fingerprint density at radius 1 is 1.35 bits per heavy atom. The largest absolute Gasteiger partial charge is 0.481 e. The van der Waals surface area contributed by atoms with E-state index < -0.39 is 29.5 Å². The van der Waals surface area contributed by atoms with E-state index in [9.17, 15) is 14.7 Å². The van der Waals surface area contributed by atoms with Crippen molar-refractivity contribution >= 4 is 11.9 Å². The van der Waals surface area contributed by atoms with Crippen molar-refractivity contribution in [3.63, 3.8) is 0 Å². The average Bonchev–Trinajstić information content (AvgIpc) is 3.24. The van der Waals surface area contributed by atoms with Gasteiger partial charge < -0.3 is 14.7 Å². The molecule has 5 atom stereocenters. The van der Waals surface area contributed by atoms with Crippen LogP contribution in [-0.4, -0.2) is 46.2 Å². The number of benzene rings is 1. The van der Waals surface area contributed by atoms with E-state index in [1.54, 1.807) is 0 Å². The second kappa shape index (κ2) is 6.09. The summed E-state index contributed by atoms with van der Waals surface area (Å²) in [6.45, 7) is 6.49. The molecule has 2 bridgehead atoms. The third-order valence-corrected chi connectivity index (χ3v) is 5.84. The van der Waals surface area contributed by atoms with Crippen molar-refractivity contribution in [2.75, 3.05) is 6.54 Å². The molecule has 1 aromatic carbocycles. The van der Waals surface area contributed by atoms with Gasteiger partial charge in [-0.15, -0.1) is 6.58 Å². The monoisotopic (exact) mass is 353 g/mol. The first kappa shape index (κ1) is 17.0. The fourth-order valence-corrected chi connectivity index (χ4v) is 4.76. The van der Waals surface area contributed by atoms with E-state index in [4.69, 9.17) is 4.74 Å². The van der Waals surface area contributed by atoms with Crippen molar-refractivity contribution in [2.24, 2.45) is 11.8 Å².